The van der Waals surface area contributed by atoms with Crippen LogP contribution in [0.5, 0.6) is 5.75 Å². The second-order valence-corrected chi connectivity index (χ2v) is 6.88. The van der Waals surface area contributed by atoms with E-state index >= 15 is 0 Å². The summed E-state index contributed by atoms with van der Waals surface area (Å²) < 4.78 is 5.54. The van der Waals surface area contributed by atoms with Crippen molar-refractivity contribution in [2.45, 2.75) is 33.1 Å². The zero-order valence-corrected chi connectivity index (χ0v) is 14.8. The third-order valence-corrected chi connectivity index (χ3v) is 3.92. The minimum atomic E-state index is -0.0347. The first-order valence-electron chi connectivity index (χ1n) is 8.38. The molecular weight excluding hydrogens is 296 g/mol. The SMILES string of the molecule is CCOc1ccc(-c2nc(C(C)(C)C)[nH]c2-c2ccccc2)cc1. The molecule has 0 aliphatic heterocycles. The Hall–Kier alpha value is -2.55. The molecule has 3 nitrogen and oxygen atoms in total. The van der Waals surface area contributed by atoms with E-state index in [0.717, 1.165) is 34.1 Å². The molecule has 1 N–H and O–H groups in total. The second kappa shape index (κ2) is 6.52. The molecular formula is C21H24N2O. The van der Waals surface area contributed by atoms with Crippen LogP contribution < -0.4 is 4.74 Å². The standard InChI is InChI=1S/C21H24N2O/c1-5-24-17-13-11-16(12-14-17)19-18(15-9-7-6-8-10-15)22-20(23-19)21(2,3)4/h6-14H,5H2,1-4H3,(H,22,23). The quantitative estimate of drug-likeness (QED) is 0.695. The molecule has 124 valence electrons. The van der Waals surface area contributed by atoms with Crippen molar-refractivity contribution in [2.75, 3.05) is 6.61 Å². The van der Waals surface area contributed by atoms with Crippen LogP contribution in [-0.2, 0) is 5.41 Å². The van der Waals surface area contributed by atoms with E-state index < -0.39 is 0 Å². The van der Waals surface area contributed by atoms with Gasteiger partial charge in [0.15, 0.2) is 0 Å². The molecule has 0 saturated carbocycles. The fraction of sp³-hybridized carbons (Fsp3) is 0.286. The van der Waals surface area contributed by atoms with Crippen molar-refractivity contribution < 1.29 is 4.74 Å². The van der Waals surface area contributed by atoms with Gasteiger partial charge in [-0.1, -0.05) is 51.1 Å². The monoisotopic (exact) mass is 320 g/mol. The van der Waals surface area contributed by atoms with Crippen molar-refractivity contribution in [3.8, 4) is 28.3 Å². The van der Waals surface area contributed by atoms with Crippen molar-refractivity contribution in [1.82, 2.24) is 9.97 Å². The fourth-order valence-corrected chi connectivity index (χ4v) is 2.63. The van der Waals surface area contributed by atoms with Gasteiger partial charge in [-0.25, -0.2) is 4.98 Å². The number of aromatic amines is 1. The Kier molecular flexibility index (Phi) is 4.43. The van der Waals surface area contributed by atoms with Crippen LogP contribution in [0.25, 0.3) is 22.5 Å². The summed E-state index contributed by atoms with van der Waals surface area (Å²) in [5.41, 5.74) is 4.24. The van der Waals surface area contributed by atoms with E-state index in [4.69, 9.17) is 9.72 Å². The average Bonchev–Trinajstić information content (AvgIpc) is 3.02. The van der Waals surface area contributed by atoms with Gasteiger partial charge in [-0.05, 0) is 31.2 Å². The molecule has 1 aromatic heterocycles. The van der Waals surface area contributed by atoms with Gasteiger partial charge in [0, 0.05) is 16.5 Å². The van der Waals surface area contributed by atoms with Gasteiger partial charge < -0.3 is 9.72 Å². The van der Waals surface area contributed by atoms with Crippen LogP contribution in [0.1, 0.15) is 33.5 Å². The number of benzene rings is 2. The number of hydrogen-bond acceptors (Lipinski definition) is 2. The van der Waals surface area contributed by atoms with E-state index in [9.17, 15) is 0 Å². The van der Waals surface area contributed by atoms with E-state index in [1.54, 1.807) is 0 Å². The number of hydrogen-bond donors (Lipinski definition) is 1. The largest absolute Gasteiger partial charge is 0.494 e. The minimum absolute atomic E-state index is 0.0347. The minimum Gasteiger partial charge on any atom is -0.494 e. The molecule has 0 aliphatic rings. The van der Waals surface area contributed by atoms with Gasteiger partial charge in [0.25, 0.3) is 0 Å². The number of H-pyrrole nitrogens is 1. The number of aromatic nitrogens is 2. The molecule has 0 fully saturated rings. The lowest BCUT2D eigenvalue weighted by atomic mass is 9.96. The van der Waals surface area contributed by atoms with E-state index in [-0.39, 0.29) is 5.41 Å². The Morgan fingerprint density at radius 2 is 1.58 bits per heavy atom. The lowest BCUT2D eigenvalue weighted by Crippen LogP contribution is -2.13. The van der Waals surface area contributed by atoms with Crippen LogP contribution in [-0.4, -0.2) is 16.6 Å². The number of rotatable bonds is 4. The lowest BCUT2D eigenvalue weighted by Gasteiger charge is -2.14. The molecule has 24 heavy (non-hydrogen) atoms. The summed E-state index contributed by atoms with van der Waals surface area (Å²) >= 11 is 0. The van der Waals surface area contributed by atoms with Gasteiger partial charge >= 0.3 is 0 Å². The zero-order chi connectivity index (χ0) is 17.2. The summed E-state index contributed by atoms with van der Waals surface area (Å²) in [6.07, 6.45) is 0. The molecule has 3 aromatic rings. The van der Waals surface area contributed by atoms with Crippen molar-refractivity contribution in [3.63, 3.8) is 0 Å². The van der Waals surface area contributed by atoms with E-state index in [1.165, 1.54) is 0 Å². The predicted octanol–water partition coefficient (Wildman–Crippen LogP) is 5.44. The third kappa shape index (κ3) is 3.35. The van der Waals surface area contributed by atoms with Gasteiger partial charge in [-0.2, -0.15) is 0 Å². The normalized spacial score (nSPS) is 11.5. The molecule has 0 amide bonds. The Bertz CT molecular complexity index is 796. The van der Waals surface area contributed by atoms with E-state index in [1.807, 2.05) is 25.1 Å². The maximum absolute atomic E-state index is 5.54. The van der Waals surface area contributed by atoms with Crippen LogP contribution in [0, 0.1) is 0 Å². The molecule has 2 aromatic carbocycles. The molecule has 0 aliphatic carbocycles. The first kappa shape index (κ1) is 16.3. The molecule has 0 atom stereocenters. The first-order chi connectivity index (χ1) is 11.5. The molecule has 0 bridgehead atoms. The maximum atomic E-state index is 5.54. The van der Waals surface area contributed by atoms with Crippen LogP contribution in [0.3, 0.4) is 0 Å². The maximum Gasteiger partial charge on any atom is 0.119 e. The Balaban J connectivity index is 2.10. The van der Waals surface area contributed by atoms with Gasteiger partial charge in [0.2, 0.25) is 0 Å². The predicted molar refractivity (Wildman–Crippen MR) is 99.3 cm³/mol. The first-order valence-corrected chi connectivity index (χ1v) is 8.38. The summed E-state index contributed by atoms with van der Waals surface area (Å²) in [6.45, 7) is 9.17. The van der Waals surface area contributed by atoms with E-state index in [0.29, 0.717) is 6.61 Å². The summed E-state index contributed by atoms with van der Waals surface area (Å²) in [7, 11) is 0. The van der Waals surface area contributed by atoms with Crippen LogP contribution in [0.4, 0.5) is 0 Å². The molecule has 3 rings (SSSR count). The Labute approximate surface area is 143 Å². The van der Waals surface area contributed by atoms with E-state index in [2.05, 4.69) is 62.2 Å². The van der Waals surface area contributed by atoms with Crippen molar-refractivity contribution in [2.24, 2.45) is 0 Å². The van der Waals surface area contributed by atoms with Crippen molar-refractivity contribution in [3.05, 3.63) is 60.4 Å². The average molecular weight is 320 g/mol. The number of nitrogens with one attached hydrogen (secondary N) is 1. The van der Waals surface area contributed by atoms with Gasteiger partial charge in [-0.3, -0.25) is 0 Å². The summed E-state index contributed by atoms with van der Waals surface area (Å²) in [5, 5.41) is 0. The molecule has 1 heterocycles. The summed E-state index contributed by atoms with van der Waals surface area (Å²) in [4.78, 5) is 8.44. The van der Waals surface area contributed by atoms with Crippen molar-refractivity contribution >= 4 is 0 Å². The number of imidazole rings is 1. The van der Waals surface area contributed by atoms with Gasteiger partial charge in [0.05, 0.1) is 18.0 Å². The smallest absolute Gasteiger partial charge is 0.119 e. The Morgan fingerprint density at radius 1 is 0.917 bits per heavy atom. The summed E-state index contributed by atoms with van der Waals surface area (Å²) in [5.74, 6) is 1.87. The second-order valence-electron chi connectivity index (χ2n) is 6.88. The summed E-state index contributed by atoms with van der Waals surface area (Å²) in [6, 6.07) is 18.5. The van der Waals surface area contributed by atoms with Gasteiger partial charge in [-0.15, -0.1) is 0 Å². The Morgan fingerprint density at radius 3 is 2.17 bits per heavy atom. The molecule has 3 heteroatoms. The highest BCUT2D eigenvalue weighted by Crippen LogP contribution is 2.33. The fourth-order valence-electron chi connectivity index (χ4n) is 2.63. The van der Waals surface area contributed by atoms with Crippen LogP contribution in [0.15, 0.2) is 54.6 Å². The highest BCUT2D eigenvalue weighted by molar-refractivity contribution is 5.78. The van der Waals surface area contributed by atoms with Crippen molar-refractivity contribution in [1.29, 1.82) is 0 Å². The number of ether oxygens (including phenoxy) is 1. The zero-order valence-electron chi connectivity index (χ0n) is 14.8. The highest BCUT2D eigenvalue weighted by Gasteiger charge is 2.22. The molecule has 0 unspecified atom stereocenters. The van der Waals surface area contributed by atoms with Crippen LogP contribution in [0.2, 0.25) is 0 Å². The molecule has 0 spiro atoms. The molecule has 0 radical (unpaired) electrons. The van der Waals surface area contributed by atoms with Crippen LogP contribution >= 0.6 is 0 Å². The number of nitrogens with zero attached hydrogens (tertiary/aromatic N) is 1. The lowest BCUT2D eigenvalue weighted by molar-refractivity contribution is 0.340. The van der Waals surface area contributed by atoms with Gasteiger partial charge in [0.1, 0.15) is 11.6 Å². The highest BCUT2D eigenvalue weighted by atomic mass is 16.5. The topological polar surface area (TPSA) is 37.9 Å². The third-order valence-electron chi connectivity index (χ3n) is 3.92. The molecule has 0 saturated heterocycles.